The second-order valence-corrected chi connectivity index (χ2v) is 5.35. The molecule has 0 radical (unpaired) electrons. The predicted molar refractivity (Wildman–Crippen MR) is 84.5 cm³/mol. The van der Waals surface area contributed by atoms with Crippen molar-refractivity contribution < 1.29 is 0 Å². The molecule has 21 heavy (non-hydrogen) atoms. The number of aryl methyl sites for hydroxylation is 1. The van der Waals surface area contributed by atoms with E-state index in [0.29, 0.717) is 5.56 Å². The normalized spacial score (nSPS) is 10.6. The van der Waals surface area contributed by atoms with Gasteiger partial charge in [0.1, 0.15) is 6.07 Å². The van der Waals surface area contributed by atoms with Gasteiger partial charge in [0.25, 0.3) is 0 Å². The summed E-state index contributed by atoms with van der Waals surface area (Å²) < 4.78 is 1.87. The van der Waals surface area contributed by atoms with E-state index in [1.165, 1.54) is 5.56 Å². The van der Waals surface area contributed by atoms with Crippen LogP contribution in [0.25, 0.3) is 5.69 Å². The fourth-order valence-corrected chi connectivity index (χ4v) is 2.33. The van der Waals surface area contributed by atoms with E-state index in [1.807, 2.05) is 30.7 Å². The summed E-state index contributed by atoms with van der Waals surface area (Å²) in [6, 6.07) is 8.29. The molecule has 2 rings (SSSR count). The van der Waals surface area contributed by atoms with E-state index in [1.54, 1.807) is 0 Å². The van der Waals surface area contributed by atoms with E-state index in [4.69, 9.17) is 0 Å². The Kier molecular flexibility index (Phi) is 4.77. The Labute approximate surface area is 126 Å². The van der Waals surface area contributed by atoms with Crippen molar-refractivity contribution in [3.05, 3.63) is 46.3 Å². The van der Waals surface area contributed by atoms with Crippen molar-refractivity contribution in [3.8, 4) is 11.8 Å². The van der Waals surface area contributed by atoms with Crippen LogP contribution in [0, 0.1) is 32.1 Å². The molecule has 0 saturated heterocycles. The highest BCUT2D eigenvalue weighted by molar-refractivity contribution is 5.51. The number of nitriles is 1. The Hall–Kier alpha value is -2.12. The van der Waals surface area contributed by atoms with E-state index in [0.717, 1.165) is 42.1 Å². The lowest BCUT2D eigenvalue weighted by Crippen LogP contribution is -2.14. The molecule has 0 atom stereocenters. The summed E-state index contributed by atoms with van der Waals surface area (Å²) in [6.07, 6.45) is 1.11. The molecule has 0 amide bonds. The Morgan fingerprint density at radius 1 is 1.29 bits per heavy atom. The minimum Gasteiger partial charge on any atom is -0.313 e. The van der Waals surface area contributed by atoms with Crippen molar-refractivity contribution in [2.24, 2.45) is 0 Å². The summed E-state index contributed by atoms with van der Waals surface area (Å²) in [4.78, 5) is 0. The number of benzene rings is 1. The minimum atomic E-state index is 0.663. The molecule has 0 spiro atoms. The SMILES string of the molecule is CCCNCc1ccc(-n2nc(C)c(C)c2C)c(C#N)c1. The number of hydrogen-bond acceptors (Lipinski definition) is 3. The standard InChI is InChI=1S/C17H22N4/c1-5-8-19-11-15-6-7-17(16(9-15)10-18)21-14(4)12(2)13(3)20-21/h6-7,9,19H,5,8,11H2,1-4H3. The molecule has 1 heterocycles. The van der Waals surface area contributed by atoms with Crippen molar-refractivity contribution in [3.63, 3.8) is 0 Å². The van der Waals surface area contributed by atoms with Crippen molar-refractivity contribution in [1.82, 2.24) is 15.1 Å². The number of hydrogen-bond donors (Lipinski definition) is 1. The van der Waals surface area contributed by atoms with Gasteiger partial charge in [-0.2, -0.15) is 10.4 Å². The summed E-state index contributed by atoms with van der Waals surface area (Å²) in [5, 5.41) is 17.3. The minimum absolute atomic E-state index is 0.663. The Balaban J connectivity index is 2.37. The average Bonchev–Trinajstić information content (AvgIpc) is 2.75. The summed E-state index contributed by atoms with van der Waals surface area (Å²) in [6.45, 7) is 10.0. The van der Waals surface area contributed by atoms with Crippen molar-refractivity contribution in [2.75, 3.05) is 6.54 Å². The van der Waals surface area contributed by atoms with Crippen LogP contribution in [0.4, 0.5) is 0 Å². The second kappa shape index (κ2) is 6.55. The first-order chi connectivity index (χ1) is 10.1. The Bertz CT molecular complexity index is 677. The Morgan fingerprint density at radius 2 is 2.05 bits per heavy atom. The summed E-state index contributed by atoms with van der Waals surface area (Å²) >= 11 is 0. The topological polar surface area (TPSA) is 53.6 Å². The summed E-state index contributed by atoms with van der Waals surface area (Å²) in [5.41, 5.74) is 5.90. The molecule has 1 N–H and O–H groups in total. The van der Waals surface area contributed by atoms with Crippen LogP contribution >= 0.6 is 0 Å². The van der Waals surface area contributed by atoms with Crippen LogP contribution in [0.2, 0.25) is 0 Å². The highest BCUT2D eigenvalue weighted by Gasteiger charge is 2.12. The van der Waals surface area contributed by atoms with E-state index in [2.05, 4.69) is 36.4 Å². The number of rotatable bonds is 5. The van der Waals surface area contributed by atoms with Crippen LogP contribution in [-0.4, -0.2) is 16.3 Å². The maximum Gasteiger partial charge on any atom is 0.101 e. The zero-order valence-electron chi connectivity index (χ0n) is 13.2. The average molecular weight is 282 g/mol. The quantitative estimate of drug-likeness (QED) is 0.857. The molecule has 0 unspecified atom stereocenters. The maximum absolute atomic E-state index is 9.43. The van der Waals surface area contributed by atoms with Crippen LogP contribution in [0.1, 0.15) is 41.4 Å². The Morgan fingerprint density at radius 3 is 2.62 bits per heavy atom. The van der Waals surface area contributed by atoms with Gasteiger partial charge in [0.2, 0.25) is 0 Å². The molecule has 0 fully saturated rings. The first kappa shape index (κ1) is 15.3. The molecule has 1 aromatic carbocycles. The van der Waals surface area contributed by atoms with Gasteiger partial charge < -0.3 is 5.32 Å². The number of nitrogens with zero attached hydrogens (tertiary/aromatic N) is 3. The third-order valence-corrected chi connectivity index (χ3v) is 3.82. The smallest absolute Gasteiger partial charge is 0.101 e. The predicted octanol–water partition coefficient (Wildman–Crippen LogP) is 3.17. The molecule has 0 saturated carbocycles. The van der Waals surface area contributed by atoms with Crippen molar-refractivity contribution in [1.29, 1.82) is 5.26 Å². The molecule has 4 nitrogen and oxygen atoms in total. The maximum atomic E-state index is 9.43. The molecule has 1 aromatic heterocycles. The van der Waals surface area contributed by atoms with Gasteiger partial charge in [-0.1, -0.05) is 13.0 Å². The first-order valence-corrected chi connectivity index (χ1v) is 7.35. The molecule has 4 heteroatoms. The van der Waals surface area contributed by atoms with Gasteiger partial charge in [0.15, 0.2) is 0 Å². The molecule has 0 aliphatic rings. The molecule has 2 aromatic rings. The van der Waals surface area contributed by atoms with Crippen LogP contribution in [0.15, 0.2) is 18.2 Å². The molecule has 0 bridgehead atoms. The number of nitrogens with one attached hydrogen (secondary N) is 1. The van der Waals surface area contributed by atoms with Gasteiger partial charge in [-0.05, 0) is 57.0 Å². The highest BCUT2D eigenvalue weighted by atomic mass is 15.3. The fourth-order valence-electron chi connectivity index (χ4n) is 2.33. The molecular weight excluding hydrogens is 260 g/mol. The summed E-state index contributed by atoms with van der Waals surface area (Å²) in [7, 11) is 0. The number of aromatic nitrogens is 2. The van der Waals surface area contributed by atoms with Crippen LogP contribution < -0.4 is 5.32 Å². The lowest BCUT2D eigenvalue weighted by atomic mass is 10.1. The van der Waals surface area contributed by atoms with E-state index in [9.17, 15) is 5.26 Å². The van der Waals surface area contributed by atoms with E-state index >= 15 is 0 Å². The lowest BCUT2D eigenvalue weighted by Gasteiger charge is -2.10. The van der Waals surface area contributed by atoms with Gasteiger partial charge in [-0.3, -0.25) is 0 Å². The molecule has 0 aliphatic carbocycles. The van der Waals surface area contributed by atoms with Crippen LogP contribution in [-0.2, 0) is 6.54 Å². The molecule has 110 valence electrons. The van der Waals surface area contributed by atoms with Gasteiger partial charge in [0, 0.05) is 12.2 Å². The zero-order chi connectivity index (χ0) is 15.4. The van der Waals surface area contributed by atoms with E-state index < -0.39 is 0 Å². The van der Waals surface area contributed by atoms with Gasteiger partial charge >= 0.3 is 0 Å². The third-order valence-electron chi connectivity index (χ3n) is 3.82. The molecule has 0 aliphatic heterocycles. The van der Waals surface area contributed by atoms with Crippen molar-refractivity contribution in [2.45, 2.75) is 40.7 Å². The van der Waals surface area contributed by atoms with Crippen LogP contribution in [0.5, 0.6) is 0 Å². The fraction of sp³-hybridized carbons (Fsp3) is 0.412. The van der Waals surface area contributed by atoms with Gasteiger partial charge in [0.05, 0.1) is 16.9 Å². The van der Waals surface area contributed by atoms with E-state index in [-0.39, 0.29) is 0 Å². The monoisotopic (exact) mass is 282 g/mol. The van der Waals surface area contributed by atoms with Crippen LogP contribution in [0.3, 0.4) is 0 Å². The first-order valence-electron chi connectivity index (χ1n) is 7.35. The zero-order valence-corrected chi connectivity index (χ0v) is 13.2. The lowest BCUT2D eigenvalue weighted by molar-refractivity contribution is 0.675. The second-order valence-electron chi connectivity index (χ2n) is 5.35. The summed E-state index contributed by atoms with van der Waals surface area (Å²) in [5.74, 6) is 0. The van der Waals surface area contributed by atoms with Crippen molar-refractivity contribution >= 4 is 0 Å². The van der Waals surface area contributed by atoms with Gasteiger partial charge in [-0.15, -0.1) is 0 Å². The molecular formula is C17H22N4. The largest absolute Gasteiger partial charge is 0.313 e. The highest BCUT2D eigenvalue weighted by Crippen LogP contribution is 2.21. The third kappa shape index (κ3) is 3.14. The van der Waals surface area contributed by atoms with Gasteiger partial charge in [-0.25, -0.2) is 4.68 Å².